The lowest BCUT2D eigenvalue weighted by Gasteiger charge is -2.22. The summed E-state index contributed by atoms with van der Waals surface area (Å²) in [7, 11) is 0. The first kappa shape index (κ1) is 18.5. The summed E-state index contributed by atoms with van der Waals surface area (Å²) in [6.07, 6.45) is 4.34. The number of aryl methyl sites for hydroxylation is 4. The van der Waals surface area contributed by atoms with Crippen molar-refractivity contribution in [3.63, 3.8) is 0 Å². The summed E-state index contributed by atoms with van der Waals surface area (Å²) >= 11 is 0. The van der Waals surface area contributed by atoms with E-state index in [2.05, 4.69) is 30.4 Å². The van der Waals surface area contributed by atoms with Crippen molar-refractivity contribution in [2.24, 2.45) is 0 Å². The maximum Gasteiger partial charge on any atom is 0.261 e. The van der Waals surface area contributed by atoms with Crippen LogP contribution in [0.4, 0.5) is 0 Å². The highest BCUT2D eigenvalue weighted by Gasteiger charge is 2.19. The van der Waals surface area contributed by atoms with Gasteiger partial charge in [0.15, 0.2) is 6.10 Å². The fourth-order valence-corrected chi connectivity index (χ4v) is 3.48. The maximum atomic E-state index is 12.5. The molecule has 0 aromatic heterocycles. The van der Waals surface area contributed by atoms with E-state index in [1.165, 1.54) is 36.0 Å². The zero-order chi connectivity index (χ0) is 18.7. The van der Waals surface area contributed by atoms with E-state index in [4.69, 9.17) is 4.74 Å². The van der Waals surface area contributed by atoms with E-state index in [-0.39, 0.29) is 11.9 Å². The molecule has 1 N–H and O–H groups in total. The van der Waals surface area contributed by atoms with Crippen molar-refractivity contribution in [1.29, 1.82) is 0 Å². The predicted octanol–water partition coefficient (Wildman–Crippen LogP) is 4.83. The van der Waals surface area contributed by atoms with Gasteiger partial charge < -0.3 is 10.1 Å². The topological polar surface area (TPSA) is 38.3 Å². The summed E-state index contributed by atoms with van der Waals surface area (Å²) in [5, 5.41) is 3.09. The van der Waals surface area contributed by atoms with Crippen LogP contribution in [0.5, 0.6) is 5.75 Å². The van der Waals surface area contributed by atoms with Crippen LogP contribution in [0.25, 0.3) is 0 Å². The first-order chi connectivity index (χ1) is 12.4. The van der Waals surface area contributed by atoms with Gasteiger partial charge in [0, 0.05) is 0 Å². The number of amides is 1. The van der Waals surface area contributed by atoms with Crippen LogP contribution in [0.15, 0.2) is 36.4 Å². The van der Waals surface area contributed by atoms with E-state index in [0.717, 1.165) is 23.3 Å². The first-order valence-corrected chi connectivity index (χ1v) is 9.60. The molecule has 0 bridgehead atoms. The Bertz CT molecular complexity index is 797. The van der Waals surface area contributed by atoms with E-state index < -0.39 is 6.10 Å². The molecule has 3 nitrogen and oxygen atoms in total. The highest BCUT2D eigenvalue weighted by Crippen LogP contribution is 2.25. The van der Waals surface area contributed by atoms with Crippen LogP contribution in [0.3, 0.4) is 0 Å². The number of benzene rings is 2. The minimum absolute atomic E-state index is 0.0273. The van der Waals surface area contributed by atoms with E-state index in [1.54, 1.807) is 6.92 Å². The summed E-state index contributed by atoms with van der Waals surface area (Å²) in [6, 6.07) is 12.5. The lowest BCUT2D eigenvalue weighted by atomic mass is 9.89. The second-order valence-electron chi connectivity index (χ2n) is 7.47. The highest BCUT2D eigenvalue weighted by molar-refractivity contribution is 5.81. The predicted molar refractivity (Wildman–Crippen MR) is 106 cm³/mol. The first-order valence-electron chi connectivity index (χ1n) is 9.60. The SMILES string of the molecule is Cc1ccc(O[C@H](C)C(=O)N[C@H](C)c2ccc3c(c2)CCCC3)cc1C. The molecular weight excluding hydrogens is 322 g/mol. The molecular formula is C23H29NO2. The van der Waals surface area contributed by atoms with Gasteiger partial charge in [-0.05, 0) is 93.3 Å². The molecule has 2 aromatic carbocycles. The molecule has 2 aromatic rings. The summed E-state index contributed by atoms with van der Waals surface area (Å²) < 4.78 is 5.83. The Hall–Kier alpha value is -2.29. The average Bonchev–Trinajstić information content (AvgIpc) is 2.64. The van der Waals surface area contributed by atoms with Gasteiger partial charge in [-0.3, -0.25) is 4.79 Å². The van der Waals surface area contributed by atoms with E-state index >= 15 is 0 Å². The van der Waals surface area contributed by atoms with Gasteiger partial charge in [-0.25, -0.2) is 0 Å². The molecule has 1 aliphatic carbocycles. The zero-order valence-electron chi connectivity index (χ0n) is 16.3. The van der Waals surface area contributed by atoms with Crippen LogP contribution >= 0.6 is 0 Å². The van der Waals surface area contributed by atoms with Crippen molar-refractivity contribution in [2.75, 3.05) is 0 Å². The second-order valence-corrected chi connectivity index (χ2v) is 7.47. The molecule has 0 saturated carbocycles. The summed E-state index contributed by atoms with van der Waals surface area (Å²) in [5.74, 6) is 0.644. The molecule has 1 aliphatic rings. The van der Waals surface area contributed by atoms with Gasteiger partial charge in [0.1, 0.15) is 5.75 Å². The van der Waals surface area contributed by atoms with Gasteiger partial charge in [-0.15, -0.1) is 0 Å². The standard InChI is InChI=1S/C23H29NO2/c1-15-9-12-22(13-16(15)2)26-18(4)23(25)24-17(3)20-11-10-19-7-5-6-8-21(19)14-20/h9-14,17-18H,5-8H2,1-4H3,(H,24,25)/t17-,18-/m1/s1. The Kier molecular flexibility index (Phi) is 5.65. The Labute approximate surface area is 156 Å². The number of fused-ring (bicyclic) bond motifs is 1. The number of carbonyl (C=O) groups excluding carboxylic acids is 1. The van der Waals surface area contributed by atoms with Gasteiger partial charge in [-0.1, -0.05) is 24.3 Å². The molecule has 0 aliphatic heterocycles. The van der Waals surface area contributed by atoms with Gasteiger partial charge >= 0.3 is 0 Å². The number of hydrogen-bond acceptors (Lipinski definition) is 2. The van der Waals surface area contributed by atoms with Crippen molar-refractivity contribution in [2.45, 2.75) is 65.5 Å². The van der Waals surface area contributed by atoms with Crippen LogP contribution in [0, 0.1) is 13.8 Å². The van der Waals surface area contributed by atoms with Gasteiger partial charge in [-0.2, -0.15) is 0 Å². The van der Waals surface area contributed by atoms with Gasteiger partial charge in [0.2, 0.25) is 0 Å². The Morgan fingerprint density at radius 3 is 2.42 bits per heavy atom. The van der Waals surface area contributed by atoms with Gasteiger partial charge in [0.25, 0.3) is 5.91 Å². The number of rotatable bonds is 5. The van der Waals surface area contributed by atoms with E-state index in [1.807, 2.05) is 32.0 Å². The van der Waals surface area contributed by atoms with Crippen molar-refractivity contribution < 1.29 is 9.53 Å². The van der Waals surface area contributed by atoms with Gasteiger partial charge in [0.05, 0.1) is 6.04 Å². The molecule has 2 atom stereocenters. The number of carbonyl (C=O) groups is 1. The second kappa shape index (κ2) is 7.94. The lowest BCUT2D eigenvalue weighted by molar-refractivity contribution is -0.127. The van der Waals surface area contributed by atoms with Crippen molar-refractivity contribution in [1.82, 2.24) is 5.32 Å². The van der Waals surface area contributed by atoms with Crippen LogP contribution in [-0.2, 0) is 17.6 Å². The number of ether oxygens (including phenoxy) is 1. The van der Waals surface area contributed by atoms with Crippen LogP contribution in [-0.4, -0.2) is 12.0 Å². The van der Waals surface area contributed by atoms with Crippen LogP contribution in [0.1, 0.15) is 60.5 Å². The third-order valence-corrected chi connectivity index (χ3v) is 5.39. The van der Waals surface area contributed by atoms with E-state index in [0.29, 0.717) is 0 Å². The monoisotopic (exact) mass is 351 g/mol. The fraction of sp³-hybridized carbons (Fsp3) is 0.435. The third kappa shape index (κ3) is 4.27. The van der Waals surface area contributed by atoms with E-state index in [9.17, 15) is 4.79 Å². The van der Waals surface area contributed by atoms with Crippen LogP contribution in [0.2, 0.25) is 0 Å². The largest absolute Gasteiger partial charge is 0.481 e. The molecule has 0 spiro atoms. The normalized spacial score (nSPS) is 15.7. The van der Waals surface area contributed by atoms with Crippen molar-refractivity contribution in [3.05, 3.63) is 64.2 Å². The zero-order valence-corrected chi connectivity index (χ0v) is 16.3. The quantitative estimate of drug-likeness (QED) is 0.838. The number of hydrogen-bond donors (Lipinski definition) is 1. The molecule has 0 unspecified atom stereocenters. The molecule has 0 heterocycles. The molecule has 0 radical (unpaired) electrons. The molecule has 0 saturated heterocycles. The molecule has 3 rings (SSSR count). The molecule has 3 heteroatoms. The average molecular weight is 351 g/mol. The lowest BCUT2D eigenvalue weighted by Crippen LogP contribution is -2.37. The van der Waals surface area contributed by atoms with Crippen LogP contribution < -0.4 is 10.1 Å². The Morgan fingerprint density at radius 2 is 1.69 bits per heavy atom. The summed E-state index contributed by atoms with van der Waals surface area (Å²) in [4.78, 5) is 12.5. The summed E-state index contributed by atoms with van der Waals surface area (Å²) in [6.45, 7) is 7.94. The number of nitrogens with one attached hydrogen (secondary N) is 1. The Morgan fingerprint density at radius 1 is 0.962 bits per heavy atom. The van der Waals surface area contributed by atoms with Crippen molar-refractivity contribution in [3.8, 4) is 5.75 Å². The summed E-state index contributed by atoms with van der Waals surface area (Å²) in [5.41, 5.74) is 6.45. The highest BCUT2D eigenvalue weighted by atomic mass is 16.5. The minimum atomic E-state index is -0.530. The smallest absolute Gasteiger partial charge is 0.261 e. The minimum Gasteiger partial charge on any atom is -0.481 e. The molecule has 1 amide bonds. The Balaban J connectivity index is 1.62. The maximum absolute atomic E-state index is 12.5. The molecule has 0 fully saturated rings. The van der Waals surface area contributed by atoms with Crippen molar-refractivity contribution >= 4 is 5.91 Å². The third-order valence-electron chi connectivity index (χ3n) is 5.39. The molecule has 138 valence electrons. The fourth-order valence-electron chi connectivity index (χ4n) is 3.48. The molecule has 26 heavy (non-hydrogen) atoms.